The fourth-order valence-corrected chi connectivity index (χ4v) is 2.73. The van der Waals surface area contributed by atoms with Crippen LogP contribution in [0.2, 0.25) is 0 Å². The molecule has 0 amide bonds. The molecular formula is C9H13NS. The lowest BCUT2D eigenvalue weighted by molar-refractivity contribution is 0.813. The van der Waals surface area contributed by atoms with Gasteiger partial charge in [0.1, 0.15) is 0 Å². The first-order chi connectivity index (χ1) is 5.33. The van der Waals surface area contributed by atoms with Gasteiger partial charge in [-0.3, -0.25) is 0 Å². The van der Waals surface area contributed by atoms with Crippen LogP contribution in [0, 0.1) is 12.8 Å². The van der Waals surface area contributed by atoms with Crippen molar-refractivity contribution in [3.63, 3.8) is 0 Å². The Balaban J connectivity index is 2.14. The quantitative estimate of drug-likeness (QED) is 0.717. The fourth-order valence-electron chi connectivity index (χ4n) is 1.59. The lowest BCUT2D eigenvalue weighted by atomic mass is 10.2. The number of hydrogen-bond acceptors (Lipinski definition) is 2. The van der Waals surface area contributed by atoms with Gasteiger partial charge in [-0.05, 0) is 48.7 Å². The van der Waals surface area contributed by atoms with Gasteiger partial charge in [-0.1, -0.05) is 0 Å². The molecule has 0 aliphatic heterocycles. The maximum atomic E-state index is 5.58. The Labute approximate surface area is 71.2 Å². The van der Waals surface area contributed by atoms with Gasteiger partial charge in [-0.2, -0.15) is 0 Å². The number of rotatable bonds is 2. The minimum atomic E-state index is 0.785. The topological polar surface area (TPSA) is 26.0 Å². The summed E-state index contributed by atoms with van der Waals surface area (Å²) in [5, 5.41) is 2.18. The highest BCUT2D eigenvalue weighted by Gasteiger charge is 2.38. The lowest BCUT2D eigenvalue weighted by Crippen LogP contribution is -2.01. The molecule has 11 heavy (non-hydrogen) atoms. The maximum Gasteiger partial charge on any atom is 0.0109 e. The van der Waals surface area contributed by atoms with E-state index in [0.29, 0.717) is 0 Å². The summed E-state index contributed by atoms with van der Waals surface area (Å²) in [5.74, 6) is 1.59. The van der Waals surface area contributed by atoms with Crippen LogP contribution < -0.4 is 5.73 Å². The normalized spacial score (nSPS) is 28.9. The summed E-state index contributed by atoms with van der Waals surface area (Å²) in [5.41, 5.74) is 7.04. The van der Waals surface area contributed by atoms with Crippen LogP contribution in [-0.4, -0.2) is 6.54 Å². The molecule has 1 heterocycles. The zero-order chi connectivity index (χ0) is 7.84. The first kappa shape index (κ1) is 7.32. The fraction of sp³-hybridized carbons (Fsp3) is 0.556. The third-order valence-electron chi connectivity index (χ3n) is 2.46. The minimum absolute atomic E-state index is 0.785. The predicted octanol–water partition coefficient (Wildman–Crippen LogP) is 2.12. The van der Waals surface area contributed by atoms with E-state index in [1.807, 2.05) is 11.3 Å². The molecular weight excluding hydrogens is 154 g/mol. The third-order valence-corrected chi connectivity index (χ3v) is 3.61. The molecule has 1 nitrogen and oxygen atoms in total. The zero-order valence-corrected chi connectivity index (χ0v) is 7.53. The van der Waals surface area contributed by atoms with Crippen molar-refractivity contribution in [3.8, 4) is 0 Å². The second kappa shape index (κ2) is 2.61. The smallest absolute Gasteiger partial charge is 0.0109 e. The lowest BCUT2D eigenvalue weighted by Gasteiger charge is -1.95. The highest BCUT2D eigenvalue weighted by Crippen LogP contribution is 2.49. The average molecular weight is 167 g/mol. The van der Waals surface area contributed by atoms with Crippen molar-refractivity contribution < 1.29 is 0 Å². The molecule has 1 aromatic rings. The second-order valence-corrected chi connectivity index (χ2v) is 4.25. The molecule has 2 atom stereocenters. The zero-order valence-electron chi connectivity index (χ0n) is 6.71. The molecule has 0 aromatic carbocycles. The molecule has 2 N–H and O–H groups in total. The van der Waals surface area contributed by atoms with Crippen molar-refractivity contribution in [1.29, 1.82) is 0 Å². The van der Waals surface area contributed by atoms with E-state index in [0.717, 1.165) is 18.4 Å². The third kappa shape index (κ3) is 1.21. The molecule has 0 unspecified atom stereocenters. The van der Waals surface area contributed by atoms with Crippen LogP contribution >= 0.6 is 11.3 Å². The first-order valence-electron chi connectivity index (χ1n) is 4.07. The van der Waals surface area contributed by atoms with Gasteiger partial charge in [0.05, 0.1) is 0 Å². The summed E-state index contributed by atoms with van der Waals surface area (Å²) < 4.78 is 0. The summed E-state index contributed by atoms with van der Waals surface area (Å²) >= 11 is 1.88. The Hall–Kier alpha value is -0.340. The Bertz CT molecular complexity index is 254. The van der Waals surface area contributed by atoms with Gasteiger partial charge in [0.25, 0.3) is 0 Å². The molecule has 2 rings (SSSR count). The van der Waals surface area contributed by atoms with Gasteiger partial charge < -0.3 is 5.73 Å². The molecule has 0 spiro atoms. The van der Waals surface area contributed by atoms with Crippen LogP contribution in [0.1, 0.15) is 22.8 Å². The summed E-state index contributed by atoms with van der Waals surface area (Å²) in [6.45, 7) is 3.06. The molecule has 2 heteroatoms. The minimum Gasteiger partial charge on any atom is -0.330 e. The molecule has 1 aliphatic carbocycles. The van der Waals surface area contributed by atoms with Crippen LogP contribution in [0.4, 0.5) is 0 Å². The monoisotopic (exact) mass is 167 g/mol. The van der Waals surface area contributed by atoms with Gasteiger partial charge in [-0.15, -0.1) is 11.3 Å². The standard InChI is InChI=1S/C9H13NS/c1-6-2-3-11-9(6)8-4-7(8)5-10/h2-3,7-8H,4-5,10H2,1H3/t7-,8+/m0/s1. The van der Waals surface area contributed by atoms with Crippen LogP contribution in [0.15, 0.2) is 11.4 Å². The summed E-state index contributed by atoms with van der Waals surface area (Å²) in [6.07, 6.45) is 1.32. The molecule has 1 aliphatic rings. The van der Waals surface area contributed by atoms with Gasteiger partial charge in [0.15, 0.2) is 0 Å². The molecule has 0 saturated heterocycles. The molecule has 0 bridgehead atoms. The van der Waals surface area contributed by atoms with Crippen molar-refractivity contribution in [3.05, 3.63) is 21.9 Å². The van der Waals surface area contributed by atoms with E-state index in [1.54, 1.807) is 4.88 Å². The average Bonchev–Trinajstić information content (AvgIpc) is 2.68. The molecule has 60 valence electrons. The summed E-state index contributed by atoms with van der Waals surface area (Å²) in [7, 11) is 0. The van der Waals surface area contributed by atoms with Crippen molar-refractivity contribution in [2.45, 2.75) is 19.3 Å². The first-order valence-corrected chi connectivity index (χ1v) is 4.95. The van der Waals surface area contributed by atoms with Crippen LogP contribution in [0.3, 0.4) is 0 Å². The second-order valence-electron chi connectivity index (χ2n) is 3.31. The number of nitrogens with two attached hydrogens (primary N) is 1. The highest BCUT2D eigenvalue weighted by molar-refractivity contribution is 7.10. The molecule has 1 fully saturated rings. The van der Waals surface area contributed by atoms with E-state index in [9.17, 15) is 0 Å². The maximum absolute atomic E-state index is 5.58. The number of thiophene rings is 1. The van der Waals surface area contributed by atoms with Gasteiger partial charge in [0, 0.05) is 4.88 Å². The van der Waals surface area contributed by atoms with Crippen LogP contribution in [0.5, 0.6) is 0 Å². The summed E-state index contributed by atoms with van der Waals surface area (Å²) in [6, 6.07) is 2.20. The van der Waals surface area contributed by atoms with Crippen molar-refractivity contribution in [1.82, 2.24) is 0 Å². The number of hydrogen-bond donors (Lipinski definition) is 1. The van der Waals surface area contributed by atoms with Crippen LogP contribution in [0.25, 0.3) is 0 Å². The van der Waals surface area contributed by atoms with Crippen molar-refractivity contribution in [2.24, 2.45) is 11.7 Å². The van der Waals surface area contributed by atoms with E-state index < -0.39 is 0 Å². The predicted molar refractivity (Wildman–Crippen MR) is 49.0 cm³/mol. The van der Waals surface area contributed by atoms with E-state index in [2.05, 4.69) is 18.4 Å². The number of aryl methyl sites for hydroxylation is 1. The van der Waals surface area contributed by atoms with Gasteiger partial charge >= 0.3 is 0 Å². The van der Waals surface area contributed by atoms with Gasteiger partial charge in [0.2, 0.25) is 0 Å². The van der Waals surface area contributed by atoms with E-state index in [1.165, 1.54) is 12.0 Å². The highest BCUT2D eigenvalue weighted by atomic mass is 32.1. The van der Waals surface area contributed by atoms with E-state index in [-0.39, 0.29) is 0 Å². The largest absolute Gasteiger partial charge is 0.330 e. The van der Waals surface area contributed by atoms with Crippen LogP contribution in [-0.2, 0) is 0 Å². The SMILES string of the molecule is Cc1ccsc1[C@@H]1C[C@H]1CN. The van der Waals surface area contributed by atoms with Gasteiger partial charge in [-0.25, -0.2) is 0 Å². The van der Waals surface area contributed by atoms with Crippen molar-refractivity contribution >= 4 is 11.3 Å². The van der Waals surface area contributed by atoms with E-state index >= 15 is 0 Å². The molecule has 1 saturated carbocycles. The summed E-state index contributed by atoms with van der Waals surface area (Å²) in [4.78, 5) is 1.57. The Kier molecular flexibility index (Phi) is 1.74. The van der Waals surface area contributed by atoms with Crippen molar-refractivity contribution in [2.75, 3.05) is 6.54 Å². The Morgan fingerprint density at radius 3 is 3.00 bits per heavy atom. The van der Waals surface area contributed by atoms with E-state index in [4.69, 9.17) is 5.73 Å². The molecule has 0 radical (unpaired) electrons. The Morgan fingerprint density at radius 2 is 2.55 bits per heavy atom. The molecule has 1 aromatic heterocycles. The Morgan fingerprint density at radius 1 is 1.73 bits per heavy atom.